The molecule has 0 bridgehead atoms. The first-order valence-corrected chi connectivity index (χ1v) is 4.87. The van der Waals surface area contributed by atoms with Crippen molar-refractivity contribution >= 4 is 0 Å². The van der Waals surface area contributed by atoms with E-state index in [1.807, 2.05) is 12.1 Å². The quantitative estimate of drug-likeness (QED) is 0.671. The lowest BCUT2D eigenvalue weighted by Crippen LogP contribution is -1.91. The largest absolute Gasteiger partial charge is 0.494 e. The molecule has 0 heterocycles. The van der Waals surface area contributed by atoms with Crippen LogP contribution in [0, 0.1) is 6.92 Å². The fraction of sp³-hybridized carbons (Fsp3) is 0.417. The fourth-order valence-electron chi connectivity index (χ4n) is 1.25. The van der Waals surface area contributed by atoms with Gasteiger partial charge in [-0.2, -0.15) is 0 Å². The Hall–Kier alpha value is -0.980. The topological polar surface area (TPSA) is 9.23 Å². The molecule has 71 valence electrons. The summed E-state index contributed by atoms with van der Waals surface area (Å²) in [6, 6.07) is 8.27. The van der Waals surface area contributed by atoms with Crippen LogP contribution in [0.5, 0.6) is 5.75 Å². The van der Waals surface area contributed by atoms with Gasteiger partial charge >= 0.3 is 0 Å². The standard InChI is InChI=1S/C12H17O/c1-3-5-6-11-7-9-12(10-8-11)13-4-2/h7-10H,2-6H2,1H3. The highest BCUT2D eigenvalue weighted by Gasteiger charge is 1.93. The van der Waals surface area contributed by atoms with Crippen LogP contribution in [-0.2, 0) is 6.42 Å². The van der Waals surface area contributed by atoms with Gasteiger partial charge in [-0.25, -0.2) is 0 Å². The van der Waals surface area contributed by atoms with Crippen molar-refractivity contribution in [1.82, 2.24) is 0 Å². The van der Waals surface area contributed by atoms with Crippen molar-refractivity contribution in [3.63, 3.8) is 0 Å². The van der Waals surface area contributed by atoms with Gasteiger partial charge in [0.1, 0.15) is 5.75 Å². The Balaban J connectivity index is 2.48. The van der Waals surface area contributed by atoms with E-state index in [9.17, 15) is 0 Å². The molecule has 1 heteroatoms. The number of benzene rings is 1. The maximum atomic E-state index is 5.25. The van der Waals surface area contributed by atoms with Gasteiger partial charge in [0.15, 0.2) is 0 Å². The predicted molar refractivity (Wildman–Crippen MR) is 55.9 cm³/mol. The second kappa shape index (κ2) is 5.63. The monoisotopic (exact) mass is 177 g/mol. The third kappa shape index (κ3) is 3.49. The minimum Gasteiger partial charge on any atom is -0.494 e. The zero-order valence-electron chi connectivity index (χ0n) is 8.25. The van der Waals surface area contributed by atoms with Crippen LogP contribution in [0.15, 0.2) is 24.3 Å². The van der Waals surface area contributed by atoms with E-state index < -0.39 is 0 Å². The van der Waals surface area contributed by atoms with Crippen LogP contribution in [0.25, 0.3) is 0 Å². The van der Waals surface area contributed by atoms with Crippen LogP contribution in [-0.4, -0.2) is 6.61 Å². The minimum atomic E-state index is 0.494. The van der Waals surface area contributed by atoms with Crippen molar-refractivity contribution in [2.75, 3.05) is 6.61 Å². The van der Waals surface area contributed by atoms with Crippen molar-refractivity contribution in [3.05, 3.63) is 36.8 Å². The minimum absolute atomic E-state index is 0.494. The molecule has 1 rings (SSSR count). The number of ether oxygens (including phenoxy) is 1. The van der Waals surface area contributed by atoms with Crippen LogP contribution in [0.3, 0.4) is 0 Å². The van der Waals surface area contributed by atoms with Crippen molar-refractivity contribution in [2.45, 2.75) is 26.2 Å². The molecule has 1 radical (unpaired) electrons. The average molecular weight is 177 g/mol. The molecule has 0 N–H and O–H groups in total. The summed E-state index contributed by atoms with van der Waals surface area (Å²) in [7, 11) is 0. The molecule has 0 saturated heterocycles. The van der Waals surface area contributed by atoms with Gasteiger partial charge in [0, 0.05) is 0 Å². The van der Waals surface area contributed by atoms with Gasteiger partial charge < -0.3 is 4.74 Å². The van der Waals surface area contributed by atoms with E-state index >= 15 is 0 Å². The summed E-state index contributed by atoms with van der Waals surface area (Å²) in [5, 5.41) is 0. The Morgan fingerprint density at radius 2 is 1.92 bits per heavy atom. The fourth-order valence-corrected chi connectivity index (χ4v) is 1.25. The third-order valence-corrected chi connectivity index (χ3v) is 2.01. The van der Waals surface area contributed by atoms with Gasteiger partial charge in [-0.1, -0.05) is 25.5 Å². The zero-order valence-corrected chi connectivity index (χ0v) is 8.25. The number of rotatable bonds is 5. The first kappa shape index (κ1) is 10.1. The Kier molecular flexibility index (Phi) is 4.37. The first-order valence-electron chi connectivity index (χ1n) is 4.87. The van der Waals surface area contributed by atoms with Crippen LogP contribution < -0.4 is 4.74 Å². The molecule has 0 spiro atoms. The van der Waals surface area contributed by atoms with Crippen LogP contribution in [0.1, 0.15) is 25.3 Å². The Labute approximate surface area is 80.7 Å². The van der Waals surface area contributed by atoms with Crippen molar-refractivity contribution in [1.29, 1.82) is 0 Å². The maximum absolute atomic E-state index is 5.25. The van der Waals surface area contributed by atoms with E-state index in [1.165, 1.54) is 24.8 Å². The van der Waals surface area contributed by atoms with Gasteiger partial charge in [0.25, 0.3) is 0 Å². The van der Waals surface area contributed by atoms with E-state index in [0.29, 0.717) is 6.61 Å². The summed E-state index contributed by atoms with van der Waals surface area (Å²) < 4.78 is 5.25. The van der Waals surface area contributed by atoms with E-state index in [0.717, 1.165) is 5.75 Å². The third-order valence-electron chi connectivity index (χ3n) is 2.01. The normalized spacial score (nSPS) is 10.0. The second-order valence-corrected chi connectivity index (χ2v) is 3.10. The molecule has 0 fully saturated rings. The summed E-state index contributed by atoms with van der Waals surface area (Å²) in [5.41, 5.74) is 1.39. The average Bonchev–Trinajstić information content (AvgIpc) is 2.17. The summed E-state index contributed by atoms with van der Waals surface area (Å²) in [5.74, 6) is 0.912. The maximum Gasteiger partial charge on any atom is 0.119 e. The number of hydrogen-bond donors (Lipinski definition) is 0. The molecule has 13 heavy (non-hydrogen) atoms. The summed E-state index contributed by atoms with van der Waals surface area (Å²) in [4.78, 5) is 0. The summed E-state index contributed by atoms with van der Waals surface area (Å²) >= 11 is 0. The summed E-state index contributed by atoms with van der Waals surface area (Å²) in [6.07, 6.45) is 3.67. The van der Waals surface area contributed by atoms with Gasteiger partial charge in [-0.3, -0.25) is 0 Å². The molecule has 0 aromatic heterocycles. The molecular formula is C12H17O. The molecule has 0 aliphatic heterocycles. The van der Waals surface area contributed by atoms with Crippen molar-refractivity contribution in [2.24, 2.45) is 0 Å². The molecule has 1 nitrogen and oxygen atoms in total. The van der Waals surface area contributed by atoms with Gasteiger partial charge in [0.05, 0.1) is 6.61 Å². The summed E-state index contributed by atoms with van der Waals surface area (Å²) in [6.45, 7) is 6.33. The number of hydrogen-bond acceptors (Lipinski definition) is 1. The van der Waals surface area contributed by atoms with E-state index in [2.05, 4.69) is 26.0 Å². The molecule has 1 aromatic carbocycles. The second-order valence-electron chi connectivity index (χ2n) is 3.10. The van der Waals surface area contributed by atoms with Gasteiger partial charge in [0.2, 0.25) is 0 Å². The van der Waals surface area contributed by atoms with Crippen molar-refractivity contribution < 1.29 is 4.74 Å². The lowest BCUT2D eigenvalue weighted by Gasteiger charge is -2.03. The molecule has 0 unspecified atom stereocenters. The highest BCUT2D eigenvalue weighted by Crippen LogP contribution is 2.13. The smallest absolute Gasteiger partial charge is 0.119 e. The Morgan fingerprint density at radius 3 is 2.46 bits per heavy atom. The molecule has 0 saturated carbocycles. The van der Waals surface area contributed by atoms with Crippen LogP contribution >= 0.6 is 0 Å². The molecular weight excluding hydrogens is 160 g/mol. The van der Waals surface area contributed by atoms with Crippen LogP contribution in [0.2, 0.25) is 0 Å². The van der Waals surface area contributed by atoms with Gasteiger partial charge in [-0.05, 0) is 37.5 Å². The Bertz CT molecular complexity index is 225. The highest BCUT2D eigenvalue weighted by atomic mass is 16.5. The molecule has 0 aliphatic rings. The number of unbranched alkanes of at least 4 members (excludes halogenated alkanes) is 1. The first-order chi connectivity index (χ1) is 6.36. The molecule has 1 aromatic rings. The zero-order chi connectivity index (χ0) is 9.52. The molecule has 0 atom stereocenters. The Morgan fingerprint density at radius 1 is 1.23 bits per heavy atom. The molecule has 0 aliphatic carbocycles. The van der Waals surface area contributed by atoms with Gasteiger partial charge in [-0.15, -0.1) is 0 Å². The molecule has 0 amide bonds. The number of aryl methyl sites for hydroxylation is 1. The SMILES string of the molecule is [CH2]COc1ccc(CCCC)cc1. The highest BCUT2D eigenvalue weighted by molar-refractivity contribution is 5.27. The van der Waals surface area contributed by atoms with E-state index in [-0.39, 0.29) is 0 Å². The lowest BCUT2D eigenvalue weighted by atomic mass is 10.1. The lowest BCUT2D eigenvalue weighted by molar-refractivity contribution is 0.361. The van der Waals surface area contributed by atoms with Crippen LogP contribution in [0.4, 0.5) is 0 Å². The van der Waals surface area contributed by atoms with E-state index in [1.54, 1.807) is 0 Å². The van der Waals surface area contributed by atoms with E-state index in [4.69, 9.17) is 4.74 Å². The predicted octanol–water partition coefficient (Wildman–Crippen LogP) is 3.24. The van der Waals surface area contributed by atoms with Crippen molar-refractivity contribution in [3.8, 4) is 5.75 Å².